The Morgan fingerprint density at radius 1 is 1.15 bits per heavy atom. The summed E-state index contributed by atoms with van der Waals surface area (Å²) in [6.07, 6.45) is 10.4. The van der Waals surface area contributed by atoms with Crippen molar-refractivity contribution in [3.05, 3.63) is 0 Å². The molecule has 1 aliphatic carbocycles. The van der Waals surface area contributed by atoms with Gasteiger partial charge in [-0.3, -0.25) is 9.59 Å². The number of ether oxygens (including phenoxy) is 2. The number of carboxylic acid groups (broad SMARTS) is 1. The second-order valence-electron chi connectivity index (χ2n) is 7.84. The van der Waals surface area contributed by atoms with Crippen LogP contribution in [-0.4, -0.2) is 48.4 Å². The lowest BCUT2D eigenvalue weighted by Crippen LogP contribution is -2.43. The minimum atomic E-state index is -0.813. The first-order valence-corrected chi connectivity index (χ1v) is 10.3. The molecule has 2 N–H and O–H groups in total. The van der Waals surface area contributed by atoms with Gasteiger partial charge in [-0.05, 0) is 44.9 Å². The molecule has 0 bridgehead atoms. The number of carboxylic acids is 1. The van der Waals surface area contributed by atoms with Crippen molar-refractivity contribution in [1.82, 2.24) is 5.32 Å². The Bertz CT molecular complexity index is 430. The van der Waals surface area contributed by atoms with Gasteiger partial charge in [0, 0.05) is 19.1 Å². The molecule has 2 rings (SSSR count). The fourth-order valence-corrected chi connectivity index (χ4v) is 3.96. The highest BCUT2D eigenvalue weighted by Gasteiger charge is 2.24. The molecular weight excluding hydrogens is 334 g/mol. The van der Waals surface area contributed by atoms with Crippen LogP contribution in [0.5, 0.6) is 0 Å². The van der Waals surface area contributed by atoms with Gasteiger partial charge in [-0.15, -0.1) is 0 Å². The van der Waals surface area contributed by atoms with E-state index in [0.29, 0.717) is 18.9 Å². The number of nitrogens with one attached hydrogen (secondary N) is 1. The van der Waals surface area contributed by atoms with E-state index < -0.39 is 12.1 Å². The second kappa shape index (κ2) is 11.5. The average Bonchev–Trinajstić information content (AvgIpc) is 2.65. The number of carbonyl (C=O) groups excluding carboxylic acids is 1. The first-order chi connectivity index (χ1) is 12.5. The zero-order valence-electron chi connectivity index (χ0n) is 16.1. The number of hydrogen-bond acceptors (Lipinski definition) is 4. The third-order valence-corrected chi connectivity index (χ3v) is 5.57. The molecule has 26 heavy (non-hydrogen) atoms. The maximum atomic E-state index is 12.5. The topological polar surface area (TPSA) is 84.9 Å². The Morgan fingerprint density at radius 2 is 1.88 bits per heavy atom. The third kappa shape index (κ3) is 8.04. The van der Waals surface area contributed by atoms with Gasteiger partial charge >= 0.3 is 5.97 Å². The number of aliphatic carboxylic acids is 1. The lowest BCUT2D eigenvalue weighted by molar-refractivity contribution is -0.139. The third-order valence-electron chi connectivity index (χ3n) is 5.57. The van der Waals surface area contributed by atoms with Crippen LogP contribution < -0.4 is 5.32 Å². The maximum Gasteiger partial charge on any atom is 0.303 e. The molecule has 150 valence electrons. The van der Waals surface area contributed by atoms with Gasteiger partial charge in [0.2, 0.25) is 5.91 Å². The Kier molecular flexibility index (Phi) is 9.40. The largest absolute Gasteiger partial charge is 0.481 e. The van der Waals surface area contributed by atoms with Crippen LogP contribution in [0, 0.1) is 5.92 Å². The lowest BCUT2D eigenvalue weighted by Gasteiger charge is -2.28. The summed E-state index contributed by atoms with van der Waals surface area (Å²) in [4.78, 5) is 23.4. The minimum Gasteiger partial charge on any atom is -0.481 e. The zero-order chi connectivity index (χ0) is 18.8. The number of rotatable bonds is 10. The summed E-state index contributed by atoms with van der Waals surface area (Å²) >= 11 is 0. The molecule has 0 spiro atoms. The predicted octanol–water partition coefficient (Wildman–Crippen LogP) is 3.28. The molecule has 0 aromatic rings. The fourth-order valence-electron chi connectivity index (χ4n) is 3.96. The molecule has 2 fully saturated rings. The van der Waals surface area contributed by atoms with Gasteiger partial charge in [-0.2, -0.15) is 0 Å². The molecule has 6 nitrogen and oxygen atoms in total. The minimum absolute atomic E-state index is 0.0846. The van der Waals surface area contributed by atoms with Crippen molar-refractivity contribution in [2.45, 2.75) is 95.8 Å². The molecule has 1 saturated carbocycles. The van der Waals surface area contributed by atoms with Gasteiger partial charge in [0.15, 0.2) is 0 Å². The van der Waals surface area contributed by atoms with Gasteiger partial charge in [-0.1, -0.05) is 32.1 Å². The first kappa shape index (κ1) is 21.2. The molecule has 3 unspecified atom stereocenters. The van der Waals surface area contributed by atoms with E-state index in [4.69, 9.17) is 14.6 Å². The summed E-state index contributed by atoms with van der Waals surface area (Å²) < 4.78 is 11.3. The maximum absolute atomic E-state index is 12.5. The summed E-state index contributed by atoms with van der Waals surface area (Å²) in [7, 11) is 0. The van der Waals surface area contributed by atoms with E-state index in [-0.39, 0.29) is 24.5 Å². The van der Waals surface area contributed by atoms with E-state index in [1.54, 1.807) is 6.92 Å². The molecule has 1 aliphatic heterocycles. The van der Waals surface area contributed by atoms with Crippen LogP contribution in [0.25, 0.3) is 0 Å². The molecule has 0 aromatic carbocycles. The number of carbonyl (C=O) groups is 2. The fraction of sp³-hybridized carbons (Fsp3) is 0.900. The van der Waals surface area contributed by atoms with Gasteiger partial charge in [0.05, 0.1) is 12.7 Å². The van der Waals surface area contributed by atoms with Crippen molar-refractivity contribution in [3.8, 4) is 0 Å². The zero-order valence-corrected chi connectivity index (χ0v) is 16.1. The smallest absolute Gasteiger partial charge is 0.303 e. The second-order valence-corrected chi connectivity index (χ2v) is 7.84. The van der Waals surface area contributed by atoms with E-state index in [1.165, 1.54) is 32.1 Å². The summed E-state index contributed by atoms with van der Waals surface area (Å²) in [6.45, 7) is 2.97. The number of hydrogen-bond donors (Lipinski definition) is 2. The standard InChI is InChI=1S/C20H35NO5/c1-15(26-14-18-9-5-6-12-25-18)20(24)21-17(10-11-19(22)23)13-16-7-3-2-4-8-16/h15-18H,2-14H2,1H3,(H,21,24)(H,22,23). The monoisotopic (exact) mass is 369 g/mol. The molecule has 2 aliphatic rings. The van der Waals surface area contributed by atoms with Gasteiger partial charge in [0.1, 0.15) is 6.10 Å². The molecular formula is C20H35NO5. The van der Waals surface area contributed by atoms with Crippen molar-refractivity contribution >= 4 is 11.9 Å². The molecule has 1 heterocycles. The van der Waals surface area contributed by atoms with Crippen LogP contribution in [0.15, 0.2) is 0 Å². The van der Waals surface area contributed by atoms with E-state index in [9.17, 15) is 9.59 Å². The van der Waals surface area contributed by atoms with Gasteiger partial charge in [0.25, 0.3) is 0 Å². The van der Waals surface area contributed by atoms with Crippen LogP contribution in [0.1, 0.15) is 77.6 Å². The van der Waals surface area contributed by atoms with Crippen molar-refractivity contribution in [2.75, 3.05) is 13.2 Å². The molecule has 6 heteroatoms. The average molecular weight is 370 g/mol. The highest BCUT2D eigenvalue weighted by Crippen LogP contribution is 2.28. The summed E-state index contributed by atoms with van der Waals surface area (Å²) in [5, 5.41) is 12.0. The molecule has 1 amide bonds. The quantitative estimate of drug-likeness (QED) is 0.617. The first-order valence-electron chi connectivity index (χ1n) is 10.3. The summed E-state index contributed by atoms with van der Waals surface area (Å²) in [5.41, 5.74) is 0. The lowest BCUT2D eigenvalue weighted by atomic mass is 9.84. The van der Waals surface area contributed by atoms with Crippen LogP contribution in [-0.2, 0) is 19.1 Å². The van der Waals surface area contributed by atoms with Crippen LogP contribution in [0.4, 0.5) is 0 Å². The number of amides is 1. The Labute approximate surface area is 157 Å². The summed E-state index contributed by atoms with van der Waals surface area (Å²) in [5.74, 6) is -0.367. The predicted molar refractivity (Wildman–Crippen MR) is 99.0 cm³/mol. The van der Waals surface area contributed by atoms with Gasteiger partial charge in [-0.25, -0.2) is 0 Å². The SMILES string of the molecule is CC(OCC1CCCCO1)C(=O)NC(CCC(=O)O)CC1CCCCC1. The van der Waals surface area contributed by atoms with Gasteiger partial charge < -0.3 is 19.9 Å². The van der Waals surface area contributed by atoms with E-state index in [2.05, 4.69) is 5.32 Å². The van der Waals surface area contributed by atoms with E-state index in [0.717, 1.165) is 32.3 Å². The Morgan fingerprint density at radius 3 is 2.54 bits per heavy atom. The Balaban J connectivity index is 1.77. The molecule has 3 atom stereocenters. The van der Waals surface area contributed by atoms with E-state index in [1.807, 2.05) is 0 Å². The van der Waals surface area contributed by atoms with Crippen molar-refractivity contribution in [3.63, 3.8) is 0 Å². The molecule has 0 radical (unpaired) electrons. The highest BCUT2D eigenvalue weighted by atomic mass is 16.5. The molecule has 0 aromatic heterocycles. The van der Waals surface area contributed by atoms with Crippen LogP contribution in [0.3, 0.4) is 0 Å². The van der Waals surface area contributed by atoms with Crippen molar-refractivity contribution < 1.29 is 24.2 Å². The molecule has 1 saturated heterocycles. The van der Waals surface area contributed by atoms with Crippen LogP contribution in [0.2, 0.25) is 0 Å². The Hall–Kier alpha value is -1.14. The summed E-state index contributed by atoms with van der Waals surface area (Å²) in [6, 6.07) is -0.0846. The van der Waals surface area contributed by atoms with Crippen molar-refractivity contribution in [2.24, 2.45) is 5.92 Å². The highest BCUT2D eigenvalue weighted by molar-refractivity contribution is 5.80. The van der Waals surface area contributed by atoms with E-state index >= 15 is 0 Å². The normalized spacial score (nSPS) is 24.0. The van der Waals surface area contributed by atoms with Crippen LogP contribution >= 0.6 is 0 Å². The van der Waals surface area contributed by atoms with Crippen molar-refractivity contribution in [1.29, 1.82) is 0 Å².